The fourth-order valence-corrected chi connectivity index (χ4v) is 1.70. The van der Waals surface area contributed by atoms with Crippen molar-refractivity contribution in [3.63, 3.8) is 0 Å². The zero-order chi connectivity index (χ0) is 12.5. The number of hydrogen-bond donors (Lipinski definition) is 1. The van der Waals surface area contributed by atoms with Gasteiger partial charge in [0.1, 0.15) is 12.2 Å². The van der Waals surface area contributed by atoms with E-state index in [1.54, 1.807) is 13.8 Å². The quantitative estimate of drug-likeness (QED) is 0.689. The van der Waals surface area contributed by atoms with Crippen LogP contribution in [0.2, 0.25) is 0 Å². The molecule has 1 aromatic rings. The second-order valence-electron chi connectivity index (χ2n) is 4.73. The highest BCUT2D eigenvalue weighted by atomic mass is 16.5. The van der Waals surface area contributed by atoms with Gasteiger partial charge in [-0.3, -0.25) is 0 Å². The number of aliphatic hydroxyl groups is 1. The standard InChI is InChI=1S/C14H17NO2/c1-14(2,16)8-7-11-5-4-6-12-13(11)17-10-9-15(12)3/h4-6,16H,9-10H2,1-3H3. The van der Waals surface area contributed by atoms with E-state index in [9.17, 15) is 5.11 Å². The lowest BCUT2D eigenvalue weighted by molar-refractivity contribution is 0.143. The van der Waals surface area contributed by atoms with E-state index < -0.39 is 5.60 Å². The zero-order valence-electron chi connectivity index (χ0n) is 10.4. The Morgan fingerprint density at radius 3 is 2.88 bits per heavy atom. The van der Waals surface area contributed by atoms with Crippen molar-refractivity contribution in [2.75, 3.05) is 25.1 Å². The monoisotopic (exact) mass is 231 g/mol. The number of anilines is 1. The third-order valence-corrected chi connectivity index (χ3v) is 2.58. The van der Waals surface area contributed by atoms with E-state index in [4.69, 9.17) is 4.74 Å². The molecule has 1 aliphatic heterocycles. The predicted octanol–water partition coefficient (Wildman–Crippen LogP) is 1.64. The summed E-state index contributed by atoms with van der Waals surface area (Å²) in [6.45, 7) is 4.89. The van der Waals surface area contributed by atoms with Crippen LogP contribution in [-0.2, 0) is 0 Å². The number of para-hydroxylation sites is 1. The van der Waals surface area contributed by atoms with Crippen LogP contribution in [0.1, 0.15) is 19.4 Å². The van der Waals surface area contributed by atoms with Gasteiger partial charge in [-0.05, 0) is 26.0 Å². The molecule has 3 nitrogen and oxygen atoms in total. The van der Waals surface area contributed by atoms with Gasteiger partial charge in [0.2, 0.25) is 0 Å². The molecule has 0 amide bonds. The largest absolute Gasteiger partial charge is 0.488 e. The van der Waals surface area contributed by atoms with Crippen LogP contribution in [0.4, 0.5) is 5.69 Å². The van der Waals surface area contributed by atoms with Crippen LogP contribution in [0, 0.1) is 11.8 Å². The number of ether oxygens (including phenoxy) is 1. The highest BCUT2D eigenvalue weighted by molar-refractivity contribution is 5.66. The molecule has 0 saturated heterocycles. The first-order chi connectivity index (χ1) is 7.97. The summed E-state index contributed by atoms with van der Waals surface area (Å²) in [6, 6.07) is 5.89. The summed E-state index contributed by atoms with van der Waals surface area (Å²) in [5.41, 5.74) is 0.901. The Balaban J connectivity index is 2.42. The van der Waals surface area contributed by atoms with E-state index in [0.29, 0.717) is 6.61 Å². The number of fused-ring (bicyclic) bond motifs is 1. The van der Waals surface area contributed by atoms with E-state index >= 15 is 0 Å². The van der Waals surface area contributed by atoms with Gasteiger partial charge in [-0.25, -0.2) is 0 Å². The van der Waals surface area contributed by atoms with E-state index in [1.807, 2.05) is 25.2 Å². The van der Waals surface area contributed by atoms with Crippen molar-refractivity contribution >= 4 is 5.69 Å². The molecule has 0 radical (unpaired) electrons. The molecular weight excluding hydrogens is 214 g/mol. The molecular formula is C14H17NO2. The topological polar surface area (TPSA) is 32.7 Å². The Labute approximate surface area is 102 Å². The van der Waals surface area contributed by atoms with Gasteiger partial charge in [-0.15, -0.1) is 0 Å². The van der Waals surface area contributed by atoms with Gasteiger partial charge in [0.25, 0.3) is 0 Å². The van der Waals surface area contributed by atoms with Crippen LogP contribution >= 0.6 is 0 Å². The summed E-state index contributed by atoms with van der Waals surface area (Å²) in [6.07, 6.45) is 0. The fourth-order valence-electron chi connectivity index (χ4n) is 1.70. The van der Waals surface area contributed by atoms with E-state index in [2.05, 4.69) is 16.7 Å². The van der Waals surface area contributed by atoms with Crippen molar-refractivity contribution in [3.05, 3.63) is 23.8 Å². The summed E-state index contributed by atoms with van der Waals surface area (Å²) in [4.78, 5) is 2.15. The summed E-state index contributed by atoms with van der Waals surface area (Å²) in [7, 11) is 2.04. The third-order valence-electron chi connectivity index (χ3n) is 2.58. The number of benzene rings is 1. The van der Waals surface area contributed by atoms with Crippen LogP contribution in [0.5, 0.6) is 5.75 Å². The molecule has 2 rings (SSSR count). The molecule has 1 aromatic carbocycles. The minimum Gasteiger partial charge on any atom is -0.488 e. The van der Waals surface area contributed by atoms with Gasteiger partial charge in [-0.1, -0.05) is 17.9 Å². The van der Waals surface area contributed by atoms with E-state index in [1.165, 1.54) is 0 Å². The summed E-state index contributed by atoms with van der Waals surface area (Å²) < 4.78 is 5.66. The van der Waals surface area contributed by atoms with Gasteiger partial charge in [0.15, 0.2) is 5.75 Å². The Morgan fingerprint density at radius 1 is 1.41 bits per heavy atom. The lowest BCUT2D eigenvalue weighted by Gasteiger charge is -2.28. The smallest absolute Gasteiger partial charge is 0.158 e. The molecule has 17 heavy (non-hydrogen) atoms. The lowest BCUT2D eigenvalue weighted by Crippen LogP contribution is -2.29. The highest BCUT2D eigenvalue weighted by Gasteiger charge is 2.17. The molecule has 0 unspecified atom stereocenters. The minimum atomic E-state index is -0.983. The highest BCUT2D eigenvalue weighted by Crippen LogP contribution is 2.33. The Bertz CT molecular complexity index is 477. The average molecular weight is 231 g/mol. The van der Waals surface area contributed by atoms with Gasteiger partial charge in [0, 0.05) is 7.05 Å². The Hall–Kier alpha value is -1.66. The molecule has 0 bridgehead atoms. The zero-order valence-corrected chi connectivity index (χ0v) is 10.4. The molecule has 0 aliphatic carbocycles. The lowest BCUT2D eigenvalue weighted by atomic mass is 10.1. The predicted molar refractivity (Wildman–Crippen MR) is 68.4 cm³/mol. The van der Waals surface area contributed by atoms with Gasteiger partial charge in [-0.2, -0.15) is 0 Å². The molecule has 3 heteroatoms. The van der Waals surface area contributed by atoms with Crippen LogP contribution in [0.25, 0.3) is 0 Å². The average Bonchev–Trinajstić information content (AvgIpc) is 2.26. The number of rotatable bonds is 0. The van der Waals surface area contributed by atoms with Crippen molar-refractivity contribution in [1.82, 2.24) is 0 Å². The normalized spacial score (nSPS) is 14.5. The second kappa shape index (κ2) is 4.31. The molecule has 0 saturated carbocycles. The maximum Gasteiger partial charge on any atom is 0.158 e. The van der Waals surface area contributed by atoms with E-state index in [-0.39, 0.29) is 0 Å². The molecule has 90 valence electrons. The molecule has 0 fully saturated rings. The van der Waals surface area contributed by atoms with Crippen molar-refractivity contribution < 1.29 is 9.84 Å². The molecule has 0 aromatic heterocycles. The van der Waals surface area contributed by atoms with Crippen LogP contribution in [0.3, 0.4) is 0 Å². The maximum atomic E-state index is 9.61. The van der Waals surface area contributed by atoms with Gasteiger partial charge in [0.05, 0.1) is 17.8 Å². The summed E-state index contributed by atoms with van der Waals surface area (Å²) >= 11 is 0. The molecule has 0 atom stereocenters. The van der Waals surface area contributed by atoms with Gasteiger partial charge < -0.3 is 14.7 Å². The molecule has 1 heterocycles. The van der Waals surface area contributed by atoms with Crippen molar-refractivity contribution in [2.45, 2.75) is 19.4 Å². The third kappa shape index (κ3) is 2.72. The molecule has 1 N–H and O–H groups in total. The first kappa shape index (κ1) is 11.8. The van der Waals surface area contributed by atoms with E-state index in [0.717, 1.165) is 23.5 Å². The van der Waals surface area contributed by atoms with Crippen LogP contribution in [-0.4, -0.2) is 30.9 Å². The Morgan fingerprint density at radius 2 is 2.18 bits per heavy atom. The second-order valence-corrected chi connectivity index (χ2v) is 4.73. The van der Waals surface area contributed by atoms with Crippen molar-refractivity contribution in [1.29, 1.82) is 0 Å². The van der Waals surface area contributed by atoms with Crippen LogP contribution < -0.4 is 9.64 Å². The number of hydrogen-bond acceptors (Lipinski definition) is 3. The fraction of sp³-hybridized carbons (Fsp3) is 0.429. The SMILES string of the molecule is CN1CCOc2c(C#CC(C)(C)O)cccc21. The Kier molecular flexibility index (Phi) is 2.99. The molecule has 0 spiro atoms. The van der Waals surface area contributed by atoms with Crippen LogP contribution in [0.15, 0.2) is 18.2 Å². The van der Waals surface area contributed by atoms with Crippen molar-refractivity contribution in [2.24, 2.45) is 0 Å². The molecule has 1 aliphatic rings. The number of likely N-dealkylation sites (N-methyl/N-ethyl adjacent to an activating group) is 1. The summed E-state index contributed by atoms with van der Waals surface area (Å²) in [5, 5.41) is 9.61. The maximum absolute atomic E-state index is 9.61. The first-order valence-corrected chi connectivity index (χ1v) is 5.70. The number of nitrogens with zero attached hydrogens (tertiary/aromatic N) is 1. The summed E-state index contributed by atoms with van der Waals surface area (Å²) in [5.74, 6) is 6.61. The minimum absolute atomic E-state index is 0.671. The first-order valence-electron chi connectivity index (χ1n) is 5.70. The van der Waals surface area contributed by atoms with Crippen molar-refractivity contribution in [3.8, 4) is 17.6 Å². The van der Waals surface area contributed by atoms with Gasteiger partial charge >= 0.3 is 0 Å².